The molecule has 4 rings (SSSR count). The maximum Gasteiger partial charge on any atom is 0.419 e. The number of imidazole rings is 1. The number of fused-ring (bicyclic) bond motifs is 2. The number of benzene rings is 2. The second-order valence-electron chi connectivity index (χ2n) is 15.0. The van der Waals surface area contributed by atoms with Crippen molar-refractivity contribution in [1.82, 2.24) is 14.1 Å². The van der Waals surface area contributed by atoms with Crippen LogP contribution in [0.25, 0.3) is 21.9 Å². The largest absolute Gasteiger partial charge is 0.496 e. The van der Waals surface area contributed by atoms with E-state index >= 15 is 0 Å². The number of aromatic nitrogens is 3. The van der Waals surface area contributed by atoms with Crippen molar-refractivity contribution in [3.63, 3.8) is 0 Å². The summed E-state index contributed by atoms with van der Waals surface area (Å²) in [6, 6.07) is 12.5. The van der Waals surface area contributed by atoms with Crippen molar-refractivity contribution in [2.24, 2.45) is 0 Å². The molecule has 0 fully saturated rings. The molecule has 0 amide bonds. The molecule has 0 aliphatic carbocycles. The zero-order valence-corrected chi connectivity index (χ0v) is 30.9. The Hall–Kier alpha value is -3.46. The smallest absolute Gasteiger partial charge is 0.419 e. The Kier molecular flexibility index (Phi) is 10.3. The molecule has 2 atom stereocenters. The highest BCUT2D eigenvalue weighted by atomic mass is 32.2. The molecule has 46 heavy (non-hydrogen) atoms. The van der Waals surface area contributed by atoms with Crippen LogP contribution in [0, 0.1) is 18.3 Å². The SMILES string of the molecule is COc1cc(C)c2c(ccn2C(=O)OC(C)(C)C)c1C(CS(=O)C(C)(C)C)c1nc2ccc(C#N)cc2n1COCC[Si](C)(C)C. The molecule has 0 bridgehead atoms. The first-order valence-corrected chi connectivity index (χ1v) is 20.7. The van der Waals surface area contributed by atoms with Crippen LogP contribution in [0.2, 0.25) is 25.7 Å². The monoisotopic (exact) mass is 664 g/mol. The van der Waals surface area contributed by atoms with E-state index in [1.807, 2.05) is 77.3 Å². The van der Waals surface area contributed by atoms with Crippen molar-refractivity contribution < 1.29 is 23.2 Å². The zero-order chi connectivity index (χ0) is 34.2. The lowest BCUT2D eigenvalue weighted by molar-refractivity contribution is 0.0544. The molecule has 0 N–H and O–H groups in total. The fourth-order valence-corrected chi connectivity index (χ4v) is 7.23. The van der Waals surface area contributed by atoms with Gasteiger partial charge in [-0.3, -0.25) is 8.78 Å². The number of nitrogens with zero attached hydrogens (tertiary/aromatic N) is 4. The Labute approximate surface area is 276 Å². The van der Waals surface area contributed by atoms with E-state index in [1.54, 1.807) is 19.4 Å². The van der Waals surface area contributed by atoms with Gasteiger partial charge in [0.1, 0.15) is 23.9 Å². The van der Waals surface area contributed by atoms with Crippen molar-refractivity contribution in [3.05, 3.63) is 59.0 Å². The molecule has 0 saturated heterocycles. The molecule has 4 aromatic rings. The number of aryl methyl sites for hydroxylation is 1. The van der Waals surface area contributed by atoms with Crippen LogP contribution in [-0.2, 0) is 27.0 Å². The molecule has 2 unspecified atom stereocenters. The third kappa shape index (κ3) is 7.90. The quantitative estimate of drug-likeness (QED) is 0.125. The van der Waals surface area contributed by atoms with E-state index in [0.717, 1.165) is 28.1 Å². The fraction of sp³-hybridized carbons (Fsp3) is 0.514. The Morgan fingerprint density at radius 2 is 1.80 bits per heavy atom. The first-order chi connectivity index (χ1) is 21.3. The van der Waals surface area contributed by atoms with Gasteiger partial charge >= 0.3 is 6.09 Å². The molecule has 9 nitrogen and oxygen atoms in total. The molecule has 0 aliphatic heterocycles. The number of ether oxygens (including phenoxy) is 3. The number of methoxy groups -OCH3 is 1. The minimum absolute atomic E-state index is 0.222. The molecule has 0 saturated carbocycles. The third-order valence-corrected chi connectivity index (χ3v) is 11.5. The molecule has 0 radical (unpaired) electrons. The number of hydrogen-bond donors (Lipinski definition) is 0. The van der Waals surface area contributed by atoms with Crippen molar-refractivity contribution in [1.29, 1.82) is 5.26 Å². The van der Waals surface area contributed by atoms with Crippen LogP contribution < -0.4 is 4.74 Å². The van der Waals surface area contributed by atoms with Crippen LogP contribution >= 0.6 is 0 Å². The summed E-state index contributed by atoms with van der Waals surface area (Å²) in [5, 5.41) is 10.5. The minimum atomic E-state index is -1.34. The van der Waals surface area contributed by atoms with E-state index in [4.69, 9.17) is 19.2 Å². The fourth-order valence-electron chi connectivity index (χ4n) is 5.35. The summed E-state index contributed by atoms with van der Waals surface area (Å²) in [7, 11) is -1.01. The summed E-state index contributed by atoms with van der Waals surface area (Å²) in [4.78, 5) is 18.5. The van der Waals surface area contributed by atoms with Gasteiger partial charge in [-0.25, -0.2) is 9.78 Å². The average molecular weight is 665 g/mol. The molecule has 248 valence electrons. The first kappa shape index (κ1) is 35.4. The molecule has 11 heteroatoms. The standard InChI is InChI=1S/C35H48N4O5SSi/c1-23-18-29(42-8)30(25-14-15-38(31(23)25)33(40)44-34(2,3)4)26(21-45(41)35(5,6)7)32-37-27-13-12-24(20-36)19-28(27)39(32)22-43-16-17-46(9,10)11/h12-15,18-19,26H,16-17,21-22H2,1-11H3. The van der Waals surface area contributed by atoms with Crippen LogP contribution in [0.4, 0.5) is 4.79 Å². The van der Waals surface area contributed by atoms with Crippen molar-refractivity contribution in [2.75, 3.05) is 19.5 Å². The van der Waals surface area contributed by atoms with Gasteiger partial charge in [-0.15, -0.1) is 0 Å². The van der Waals surface area contributed by atoms with Gasteiger partial charge in [0.15, 0.2) is 0 Å². The van der Waals surface area contributed by atoms with E-state index in [2.05, 4.69) is 25.7 Å². The van der Waals surface area contributed by atoms with Crippen molar-refractivity contribution in [2.45, 2.75) is 97.1 Å². The van der Waals surface area contributed by atoms with Gasteiger partial charge in [-0.05, 0) is 90.4 Å². The predicted octanol–water partition coefficient (Wildman–Crippen LogP) is 7.95. The Balaban J connectivity index is 2.00. The lowest BCUT2D eigenvalue weighted by Crippen LogP contribution is -2.29. The number of rotatable bonds is 10. The summed E-state index contributed by atoms with van der Waals surface area (Å²) in [6.07, 6.45) is 1.23. The molecule has 2 heterocycles. The topological polar surface area (TPSA) is 108 Å². The van der Waals surface area contributed by atoms with Crippen LogP contribution in [0.15, 0.2) is 36.5 Å². The van der Waals surface area contributed by atoms with Gasteiger partial charge in [-0.1, -0.05) is 19.6 Å². The van der Waals surface area contributed by atoms with E-state index in [-0.39, 0.29) is 12.5 Å². The molecular formula is C35H48N4O5SSi. The molecular weight excluding hydrogens is 617 g/mol. The number of carbonyl (C=O) groups is 1. The highest BCUT2D eigenvalue weighted by molar-refractivity contribution is 7.86. The maximum absolute atomic E-state index is 14.0. The average Bonchev–Trinajstić information content (AvgIpc) is 3.54. The second-order valence-corrected chi connectivity index (χ2v) is 22.8. The Morgan fingerprint density at radius 3 is 2.39 bits per heavy atom. The van der Waals surface area contributed by atoms with Crippen LogP contribution in [-0.4, -0.2) is 62.3 Å². The number of carbonyl (C=O) groups excluding carboxylic acids is 1. The summed E-state index contributed by atoms with van der Waals surface area (Å²) in [5.74, 6) is 1.01. The van der Waals surface area contributed by atoms with Gasteiger partial charge in [0.2, 0.25) is 0 Å². The summed E-state index contributed by atoms with van der Waals surface area (Å²) in [6.45, 7) is 21.1. The molecule has 2 aromatic carbocycles. The van der Waals surface area contributed by atoms with Crippen LogP contribution in [0.1, 0.15) is 70.0 Å². The second kappa shape index (κ2) is 13.3. The van der Waals surface area contributed by atoms with Crippen molar-refractivity contribution in [3.8, 4) is 11.8 Å². The van der Waals surface area contributed by atoms with Gasteiger partial charge in [0.05, 0.1) is 41.2 Å². The summed E-state index contributed by atoms with van der Waals surface area (Å²) < 4.78 is 35.0. The maximum atomic E-state index is 14.0. The highest BCUT2D eigenvalue weighted by Gasteiger charge is 2.34. The van der Waals surface area contributed by atoms with Gasteiger partial charge in [0, 0.05) is 53.1 Å². The highest BCUT2D eigenvalue weighted by Crippen LogP contribution is 2.42. The molecule has 2 aromatic heterocycles. The van der Waals surface area contributed by atoms with E-state index < -0.39 is 41.2 Å². The Morgan fingerprint density at radius 1 is 1.11 bits per heavy atom. The van der Waals surface area contributed by atoms with Crippen LogP contribution in [0.3, 0.4) is 0 Å². The van der Waals surface area contributed by atoms with Gasteiger partial charge < -0.3 is 18.8 Å². The Bertz CT molecular complexity index is 1820. The summed E-state index contributed by atoms with van der Waals surface area (Å²) in [5.41, 5.74) is 3.63. The van der Waals surface area contributed by atoms with E-state index in [9.17, 15) is 14.3 Å². The number of hydrogen-bond acceptors (Lipinski definition) is 7. The van der Waals surface area contributed by atoms with Crippen molar-refractivity contribution >= 4 is 46.9 Å². The lowest BCUT2D eigenvalue weighted by Gasteiger charge is -2.26. The zero-order valence-electron chi connectivity index (χ0n) is 29.1. The normalized spacial score (nSPS) is 14.0. The van der Waals surface area contributed by atoms with Gasteiger partial charge in [-0.2, -0.15) is 5.26 Å². The number of nitriles is 1. The first-order valence-electron chi connectivity index (χ1n) is 15.6. The van der Waals surface area contributed by atoms with Gasteiger partial charge in [0.25, 0.3) is 0 Å². The molecule has 0 spiro atoms. The summed E-state index contributed by atoms with van der Waals surface area (Å²) >= 11 is 0. The van der Waals surface area contributed by atoms with E-state index in [0.29, 0.717) is 34.8 Å². The van der Waals surface area contributed by atoms with Crippen LogP contribution in [0.5, 0.6) is 5.75 Å². The predicted molar refractivity (Wildman–Crippen MR) is 188 cm³/mol. The molecule has 0 aliphatic rings. The third-order valence-electron chi connectivity index (χ3n) is 7.76. The van der Waals surface area contributed by atoms with E-state index in [1.165, 1.54) is 4.57 Å². The minimum Gasteiger partial charge on any atom is -0.496 e. The lowest BCUT2D eigenvalue weighted by atomic mass is 9.93.